The van der Waals surface area contributed by atoms with Crippen molar-refractivity contribution in [3.8, 4) is 0 Å². The van der Waals surface area contributed by atoms with Crippen molar-refractivity contribution in [2.75, 3.05) is 19.8 Å². The zero-order valence-corrected chi connectivity index (χ0v) is 15.3. The van der Waals surface area contributed by atoms with Gasteiger partial charge in [0, 0.05) is 13.2 Å². The maximum absolute atomic E-state index is 5.93. The van der Waals surface area contributed by atoms with Gasteiger partial charge in [-0.15, -0.1) is 0 Å². The van der Waals surface area contributed by atoms with Crippen LogP contribution in [0.25, 0.3) is 0 Å². The monoisotopic (exact) mass is 300 g/mol. The summed E-state index contributed by atoms with van der Waals surface area (Å²) in [6, 6.07) is 0. The molecule has 0 aliphatic carbocycles. The van der Waals surface area contributed by atoms with Gasteiger partial charge in [-0.1, -0.05) is 66.2 Å². The van der Waals surface area contributed by atoms with Crippen molar-refractivity contribution >= 4 is 0 Å². The Morgan fingerprint density at radius 2 is 1.29 bits per heavy atom. The lowest BCUT2D eigenvalue weighted by molar-refractivity contribution is 0.0630. The van der Waals surface area contributed by atoms with Crippen molar-refractivity contribution in [2.24, 2.45) is 11.8 Å². The third-order valence-electron chi connectivity index (χ3n) is 4.29. The first-order valence-corrected chi connectivity index (χ1v) is 9.37. The molecule has 1 aliphatic heterocycles. The van der Waals surface area contributed by atoms with Gasteiger partial charge in [0.05, 0.1) is 12.7 Å². The van der Waals surface area contributed by atoms with Gasteiger partial charge in [0.25, 0.3) is 0 Å². The highest BCUT2D eigenvalue weighted by molar-refractivity contribution is 4.59. The average Bonchev–Trinajstić information content (AvgIpc) is 3.28. The van der Waals surface area contributed by atoms with Crippen LogP contribution < -0.4 is 0 Å². The number of unbranched alkanes of at least 4 members (excludes halogenated alkanes) is 2. The largest absolute Gasteiger partial charge is 0.381 e. The molecule has 0 radical (unpaired) electrons. The van der Waals surface area contributed by atoms with Gasteiger partial charge in [0.1, 0.15) is 0 Å². The van der Waals surface area contributed by atoms with Gasteiger partial charge in [-0.3, -0.25) is 0 Å². The van der Waals surface area contributed by atoms with Crippen molar-refractivity contribution in [3.05, 3.63) is 0 Å². The van der Waals surface area contributed by atoms with E-state index < -0.39 is 0 Å². The maximum atomic E-state index is 5.93. The molecule has 3 unspecified atom stereocenters. The van der Waals surface area contributed by atoms with E-state index in [2.05, 4.69) is 34.6 Å². The second-order valence-electron chi connectivity index (χ2n) is 6.51. The molecule has 0 spiro atoms. The van der Waals surface area contributed by atoms with Crippen LogP contribution in [-0.4, -0.2) is 25.9 Å². The van der Waals surface area contributed by atoms with Crippen molar-refractivity contribution in [2.45, 2.75) is 92.1 Å². The normalized spacial score (nSPS) is 19.6. The number of hydrogen-bond donors (Lipinski definition) is 0. The summed E-state index contributed by atoms with van der Waals surface area (Å²) in [4.78, 5) is 0. The Morgan fingerprint density at radius 3 is 1.52 bits per heavy atom. The van der Waals surface area contributed by atoms with Crippen LogP contribution in [0.15, 0.2) is 0 Å². The number of hydrogen-bond acceptors (Lipinski definition) is 2. The molecule has 0 aromatic heterocycles. The standard InChI is InChI=1S/C16H34O.C3H6O/c1-5-9-11-15(7-3)13-17-14-16(8-4)12-10-6-2;1-3-2-4-3/h15-16H,5-14H2,1-4H3;3H,2H2,1H3. The summed E-state index contributed by atoms with van der Waals surface area (Å²) < 4.78 is 10.6. The average molecular weight is 301 g/mol. The molecule has 1 rings (SSSR count). The van der Waals surface area contributed by atoms with Gasteiger partial charge in [-0.2, -0.15) is 0 Å². The first kappa shape index (κ1) is 20.9. The lowest BCUT2D eigenvalue weighted by Gasteiger charge is -2.18. The minimum absolute atomic E-state index is 0.583. The smallest absolute Gasteiger partial charge is 0.0781 e. The molecule has 128 valence electrons. The Labute approximate surface area is 134 Å². The highest BCUT2D eigenvalue weighted by atomic mass is 16.6. The van der Waals surface area contributed by atoms with Gasteiger partial charge < -0.3 is 9.47 Å². The number of ether oxygens (including phenoxy) is 2. The molecule has 2 nitrogen and oxygen atoms in total. The summed E-state index contributed by atoms with van der Waals surface area (Å²) in [6.45, 7) is 14.1. The Hall–Kier alpha value is -0.0800. The van der Waals surface area contributed by atoms with Crippen LogP contribution in [0.2, 0.25) is 0 Å². The van der Waals surface area contributed by atoms with Gasteiger partial charge in [0.2, 0.25) is 0 Å². The van der Waals surface area contributed by atoms with Gasteiger partial charge in [-0.05, 0) is 31.6 Å². The molecule has 0 bridgehead atoms. The molecule has 0 N–H and O–H groups in total. The van der Waals surface area contributed by atoms with E-state index in [1.165, 1.54) is 51.4 Å². The Bertz CT molecular complexity index is 186. The van der Waals surface area contributed by atoms with Gasteiger partial charge in [0.15, 0.2) is 0 Å². The first-order chi connectivity index (χ1) is 10.2. The molecule has 2 heteroatoms. The van der Waals surface area contributed by atoms with Crippen LogP contribution in [0.4, 0.5) is 0 Å². The van der Waals surface area contributed by atoms with E-state index in [1.54, 1.807) is 0 Å². The Balaban J connectivity index is 0.000000847. The minimum atomic E-state index is 0.583. The van der Waals surface area contributed by atoms with Crippen LogP contribution in [-0.2, 0) is 9.47 Å². The first-order valence-electron chi connectivity index (χ1n) is 9.37. The minimum Gasteiger partial charge on any atom is -0.381 e. The van der Waals surface area contributed by atoms with Crippen LogP contribution in [0, 0.1) is 11.8 Å². The molecular formula is C19H40O2. The van der Waals surface area contributed by atoms with E-state index in [-0.39, 0.29) is 0 Å². The molecule has 1 heterocycles. The maximum Gasteiger partial charge on any atom is 0.0781 e. The Kier molecular flexibility index (Phi) is 14.8. The fraction of sp³-hybridized carbons (Fsp3) is 1.00. The van der Waals surface area contributed by atoms with E-state index in [0.717, 1.165) is 31.7 Å². The molecule has 3 atom stereocenters. The lowest BCUT2D eigenvalue weighted by Crippen LogP contribution is -2.14. The van der Waals surface area contributed by atoms with Crippen molar-refractivity contribution in [1.29, 1.82) is 0 Å². The molecule has 0 aromatic carbocycles. The molecule has 0 saturated carbocycles. The number of epoxide rings is 1. The molecule has 1 aliphatic rings. The van der Waals surface area contributed by atoms with Crippen molar-refractivity contribution in [1.82, 2.24) is 0 Å². The van der Waals surface area contributed by atoms with E-state index in [9.17, 15) is 0 Å². The fourth-order valence-corrected chi connectivity index (χ4v) is 2.29. The molecular weight excluding hydrogens is 260 g/mol. The summed E-state index contributed by atoms with van der Waals surface area (Å²) >= 11 is 0. The second kappa shape index (κ2) is 14.8. The third-order valence-corrected chi connectivity index (χ3v) is 4.29. The summed E-state index contributed by atoms with van der Waals surface area (Å²) in [5.74, 6) is 1.58. The molecule has 0 aromatic rings. The molecule has 1 fully saturated rings. The van der Waals surface area contributed by atoms with E-state index in [4.69, 9.17) is 9.47 Å². The molecule has 21 heavy (non-hydrogen) atoms. The quantitative estimate of drug-likeness (QED) is 0.422. The predicted molar refractivity (Wildman–Crippen MR) is 92.8 cm³/mol. The summed E-state index contributed by atoms with van der Waals surface area (Å²) in [6.07, 6.45) is 11.1. The fourth-order valence-electron chi connectivity index (χ4n) is 2.29. The Morgan fingerprint density at radius 1 is 0.905 bits per heavy atom. The van der Waals surface area contributed by atoms with Crippen molar-refractivity contribution in [3.63, 3.8) is 0 Å². The van der Waals surface area contributed by atoms with Crippen LogP contribution in [0.5, 0.6) is 0 Å². The summed E-state index contributed by atoms with van der Waals surface area (Å²) in [5.41, 5.74) is 0. The van der Waals surface area contributed by atoms with Crippen LogP contribution in [0.1, 0.15) is 86.0 Å². The van der Waals surface area contributed by atoms with Gasteiger partial charge >= 0.3 is 0 Å². The van der Waals surface area contributed by atoms with E-state index >= 15 is 0 Å². The zero-order chi connectivity index (χ0) is 15.9. The number of rotatable bonds is 12. The molecule has 0 amide bonds. The predicted octanol–water partition coefficient (Wildman–Crippen LogP) is 5.84. The lowest BCUT2D eigenvalue weighted by atomic mass is 9.99. The van der Waals surface area contributed by atoms with E-state index in [0.29, 0.717) is 6.10 Å². The highest BCUT2D eigenvalue weighted by Gasteiger charge is 2.13. The zero-order valence-electron chi connectivity index (χ0n) is 15.3. The molecule has 1 saturated heterocycles. The SMILES string of the molecule is CC1CO1.CCCCC(CC)COCC(CC)CCCC. The summed E-state index contributed by atoms with van der Waals surface area (Å²) in [5, 5.41) is 0. The third kappa shape index (κ3) is 14.6. The van der Waals surface area contributed by atoms with Crippen LogP contribution in [0.3, 0.4) is 0 Å². The van der Waals surface area contributed by atoms with Crippen LogP contribution >= 0.6 is 0 Å². The second-order valence-corrected chi connectivity index (χ2v) is 6.51. The topological polar surface area (TPSA) is 21.8 Å². The highest BCUT2D eigenvalue weighted by Crippen LogP contribution is 2.16. The van der Waals surface area contributed by atoms with Gasteiger partial charge in [-0.25, -0.2) is 0 Å². The van der Waals surface area contributed by atoms with E-state index in [1.807, 2.05) is 0 Å². The summed E-state index contributed by atoms with van der Waals surface area (Å²) in [7, 11) is 0. The van der Waals surface area contributed by atoms with Crippen molar-refractivity contribution < 1.29 is 9.47 Å².